The molecule has 1 aromatic rings. The lowest BCUT2D eigenvalue weighted by atomic mass is 9.79. The van der Waals surface area contributed by atoms with Crippen molar-refractivity contribution in [2.45, 2.75) is 25.7 Å². The zero-order chi connectivity index (χ0) is 17.7. The monoisotopic (exact) mass is 335 g/mol. The Bertz CT molecular complexity index is 675. The van der Waals surface area contributed by atoms with E-state index in [0.717, 1.165) is 18.9 Å². The predicted octanol–water partition coefficient (Wildman–Crippen LogP) is 1.25. The molecular formula is C15H17N3O6. The average Bonchev–Trinajstić information content (AvgIpc) is 2.59. The minimum Gasteiger partial charge on any atom is -0.481 e. The number of nitrogens with zero attached hydrogens (tertiary/aromatic N) is 1. The predicted molar refractivity (Wildman–Crippen MR) is 81.8 cm³/mol. The maximum Gasteiger partial charge on any atom is 0.307 e. The summed E-state index contributed by atoms with van der Waals surface area (Å²) in [7, 11) is 0. The molecule has 1 saturated carbocycles. The topological polar surface area (TPSA) is 139 Å². The van der Waals surface area contributed by atoms with Gasteiger partial charge in [-0.1, -0.05) is 18.9 Å². The standard InChI is InChI=1S/C15H17N3O6/c19-13(9-4-3-5-10(8-9)18(23)24)16-17-14(20)11-6-1-2-7-12(11)15(21)22/h3-5,8,11-12H,1-2,6-7H2,(H,16,19)(H,17,20)(H,21,22). The van der Waals surface area contributed by atoms with Crippen LogP contribution in [0.2, 0.25) is 0 Å². The molecule has 2 rings (SSSR count). The maximum atomic E-state index is 12.1. The summed E-state index contributed by atoms with van der Waals surface area (Å²) in [5.74, 6) is -3.79. The first-order valence-corrected chi connectivity index (χ1v) is 7.47. The number of nitro groups is 1. The first-order valence-electron chi connectivity index (χ1n) is 7.47. The van der Waals surface area contributed by atoms with Gasteiger partial charge in [-0.15, -0.1) is 0 Å². The third-order valence-corrected chi connectivity index (χ3v) is 4.04. The van der Waals surface area contributed by atoms with Gasteiger partial charge in [-0.3, -0.25) is 35.3 Å². The number of hydrogen-bond donors (Lipinski definition) is 3. The fourth-order valence-electron chi connectivity index (χ4n) is 2.78. The SMILES string of the molecule is O=C(NNC(=O)C1CCCCC1C(=O)O)c1cccc([N+](=O)[O-])c1. The number of carbonyl (C=O) groups excluding carboxylic acids is 2. The second kappa shape index (κ2) is 7.53. The zero-order valence-corrected chi connectivity index (χ0v) is 12.7. The molecule has 0 radical (unpaired) electrons. The number of carboxylic acids is 1. The van der Waals surface area contributed by atoms with E-state index in [9.17, 15) is 24.5 Å². The zero-order valence-electron chi connectivity index (χ0n) is 12.7. The van der Waals surface area contributed by atoms with Crippen molar-refractivity contribution >= 4 is 23.5 Å². The van der Waals surface area contributed by atoms with Crippen molar-refractivity contribution in [3.05, 3.63) is 39.9 Å². The van der Waals surface area contributed by atoms with Crippen LogP contribution in [0.4, 0.5) is 5.69 Å². The van der Waals surface area contributed by atoms with Crippen molar-refractivity contribution in [3.63, 3.8) is 0 Å². The highest BCUT2D eigenvalue weighted by Crippen LogP contribution is 2.30. The van der Waals surface area contributed by atoms with Gasteiger partial charge in [0.2, 0.25) is 5.91 Å². The second-order valence-corrected chi connectivity index (χ2v) is 5.59. The van der Waals surface area contributed by atoms with E-state index in [2.05, 4.69) is 10.9 Å². The number of carbonyl (C=O) groups is 3. The van der Waals surface area contributed by atoms with Crippen LogP contribution >= 0.6 is 0 Å². The van der Waals surface area contributed by atoms with Gasteiger partial charge in [0.15, 0.2) is 0 Å². The van der Waals surface area contributed by atoms with E-state index in [1.807, 2.05) is 0 Å². The molecule has 128 valence electrons. The highest BCUT2D eigenvalue weighted by molar-refractivity contribution is 5.96. The first kappa shape index (κ1) is 17.4. The fourth-order valence-corrected chi connectivity index (χ4v) is 2.78. The van der Waals surface area contributed by atoms with Crippen molar-refractivity contribution in [3.8, 4) is 0 Å². The maximum absolute atomic E-state index is 12.1. The summed E-state index contributed by atoms with van der Waals surface area (Å²) in [4.78, 5) is 45.3. The van der Waals surface area contributed by atoms with E-state index in [1.54, 1.807) is 0 Å². The molecule has 0 spiro atoms. The summed E-state index contributed by atoms with van der Waals surface area (Å²) in [6, 6.07) is 5.06. The lowest BCUT2D eigenvalue weighted by Gasteiger charge is -2.27. The number of benzene rings is 1. The molecular weight excluding hydrogens is 318 g/mol. The molecule has 2 atom stereocenters. The number of non-ortho nitro benzene ring substituents is 1. The molecule has 2 amide bonds. The van der Waals surface area contributed by atoms with E-state index in [4.69, 9.17) is 5.11 Å². The fraction of sp³-hybridized carbons (Fsp3) is 0.400. The van der Waals surface area contributed by atoms with Crippen LogP contribution in [0.1, 0.15) is 36.0 Å². The van der Waals surface area contributed by atoms with E-state index in [1.165, 1.54) is 18.2 Å². The summed E-state index contributed by atoms with van der Waals surface area (Å²) >= 11 is 0. The number of aliphatic carboxylic acids is 1. The summed E-state index contributed by atoms with van der Waals surface area (Å²) in [6.45, 7) is 0. The molecule has 1 aromatic carbocycles. The third-order valence-electron chi connectivity index (χ3n) is 4.04. The summed E-state index contributed by atoms with van der Waals surface area (Å²) in [5, 5.41) is 19.9. The third kappa shape index (κ3) is 4.06. The molecule has 3 N–H and O–H groups in total. The van der Waals surface area contributed by atoms with Gasteiger partial charge in [-0.05, 0) is 18.9 Å². The van der Waals surface area contributed by atoms with Gasteiger partial charge in [0.25, 0.3) is 11.6 Å². The summed E-state index contributed by atoms with van der Waals surface area (Å²) in [5.41, 5.74) is 4.15. The van der Waals surface area contributed by atoms with Gasteiger partial charge in [-0.2, -0.15) is 0 Å². The molecule has 0 bridgehead atoms. The van der Waals surface area contributed by atoms with Crippen LogP contribution in [0, 0.1) is 22.0 Å². The van der Waals surface area contributed by atoms with Gasteiger partial charge in [0.05, 0.1) is 16.8 Å². The highest BCUT2D eigenvalue weighted by atomic mass is 16.6. The quantitative estimate of drug-likeness (QED) is 0.559. The second-order valence-electron chi connectivity index (χ2n) is 5.59. The molecule has 1 aliphatic rings. The number of rotatable bonds is 4. The van der Waals surface area contributed by atoms with Gasteiger partial charge < -0.3 is 5.11 Å². The van der Waals surface area contributed by atoms with Crippen LogP contribution < -0.4 is 10.9 Å². The molecule has 1 fully saturated rings. The van der Waals surface area contributed by atoms with Gasteiger partial charge in [0, 0.05) is 17.7 Å². The Kier molecular flexibility index (Phi) is 5.46. The molecule has 24 heavy (non-hydrogen) atoms. The van der Waals surface area contributed by atoms with Gasteiger partial charge >= 0.3 is 5.97 Å². The Morgan fingerprint density at radius 3 is 2.42 bits per heavy atom. The van der Waals surface area contributed by atoms with Gasteiger partial charge in [0.1, 0.15) is 0 Å². The lowest BCUT2D eigenvalue weighted by Crippen LogP contribution is -2.47. The van der Waals surface area contributed by atoms with Crippen LogP contribution in [0.5, 0.6) is 0 Å². The van der Waals surface area contributed by atoms with E-state index in [0.29, 0.717) is 12.8 Å². The Morgan fingerprint density at radius 2 is 1.79 bits per heavy atom. The van der Waals surface area contributed by atoms with E-state index in [-0.39, 0.29) is 11.3 Å². The van der Waals surface area contributed by atoms with E-state index >= 15 is 0 Å². The van der Waals surface area contributed by atoms with Crippen LogP contribution in [-0.4, -0.2) is 27.8 Å². The van der Waals surface area contributed by atoms with Crippen molar-refractivity contribution in [2.75, 3.05) is 0 Å². The molecule has 9 nitrogen and oxygen atoms in total. The summed E-state index contributed by atoms with van der Waals surface area (Å²) in [6.07, 6.45) is 2.36. The van der Waals surface area contributed by atoms with Crippen molar-refractivity contribution in [2.24, 2.45) is 11.8 Å². The van der Waals surface area contributed by atoms with Crippen molar-refractivity contribution in [1.82, 2.24) is 10.9 Å². The average molecular weight is 335 g/mol. The van der Waals surface area contributed by atoms with Crippen LogP contribution in [-0.2, 0) is 9.59 Å². The minimum absolute atomic E-state index is 0.0166. The molecule has 1 aliphatic carbocycles. The highest BCUT2D eigenvalue weighted by Gasteiger charge is 2.35. The Morgan fingerprint density at radius 1 is 1.12 bits per heavy atom. The summed E-state index contributed by atoms with van der Waals surface area (Å²) < 4.78 is 0. The largest absolute Gasteiger partial charge is 0.481 e. The van der Waals surface area contributed by atoms with Crippen LogP contribution in [0.25, 0.3) is 0 Å². The lowest BCUT2D eigenvalue weighted by molar-refractivity contribution is -0.384. The Hall–Kier alpha value is -2.97. The molecule has 9 heteroatoms. The molecule has 0 heterocycles. The van der Waals surface area contributed by atoms with Crippen molar-refractivity contribution in [1.29, 1.82) is 0 Å². The number of nitro benzene ring substituents is 1. The minimum atomic E-state index is -1.03. The first-order chi connectivity index (χ1) is 11.4. The van der Waals surface area contributed by atoms with E-state index < -0.39 is 34.5 Å². The van der Waals surface area contributed by atoms with Gasteiger partial charge in [-0.25, -0.2) is 0 Å². The molecule has 0 aromatic heterocycles. The molecule has 0 saturated heterocycles. The van der Waals surface area contributed by atoms with Crippen LogP contribution in [0.15, 0.2) is 24.3 Å². The smallest absolute Gasteiger partial charge is 0.307 e. The number of amides is 2. The Labute approximate surface area is 137 Å². The van der Waals surface area contributed by atoms with Crippen molar-refractivity contribution < 1.29 is 24.4 Å². The van der Waals surface area contributed by atoms with Crippen LogP contribution in [0.3, 0.4) is 0 Å². The molecule has 2 unspecified atom stereocenters. The normalized spacial score (nSPS) is 20.0. The number of hydrazine groups is 1. The number of hydrogen-bond acceptors (Lipinski definition) is 5. The number of carboxylic acid groups (broad SMARTS) is 1. The number of nitrogens with one attached hydrogen (secondary N) is 2. The Balaban J connectivity index is 1.98. The molecule has 0 aliphatic heterocycles.